The number of aromatic hydroxyl groups is 1. The van der Waals surface area contributed by atoms with Gasteiger partial charge in [0.05, 0.1) is 0 Å². The molecule has 0 atom stereocenters. The molecular weight excluding hydrogens is 212 g/mol. The lowest BCUT2D eigenvalue weighted by molar-refractivity contribution is -0.122. The van der Waals surface area contributed by atoms with Crippen molar-refractivity contribution in [3.8, 4) is 5.75 Å². The van der Waals surface area contributed by atoms with Crippen LogP contribution in [0.15, 0.2) is 29.3 Å². The lowest BCUT2D eigenvalue weighted by Crippen LogP contribution is -2.30. The molecule has 1 aromatic carbocycles. The minimum Gasteiger partial charge on any atom is -0.507 e. The van der Waals surface area contributed by atoms with Crippen molar-refractivity contribution in [2.24, 2.45) is 4.99 Å². The fourth-order valence-corrected chi connectivity index (χ4v) is 0.916. The number of phenols is 1. The summed E-state index contributed by atoms with van der Waals surface area (Å²) in [5, 5.41) is 19.5. The van der Waals surface area contributed by atoms with Crippen LogP contribution in [-0.2, 0) is 4.79 Å². The Morgan fingerprint density at radius 2 is 2.06 bits per heavy atom. The van der Waals surface area contributed by atoms with Crippen LogP contribution in [0.4, 0.5) is 4.79 Å². The van der Waals surface area contributed by atoms with E-state index in [1.165, 1.54) is 6.07 Å². The number of carbonyl (C=O) groups is 2. The first-order chi connectivity index (χ1) is 7.63. The number of nitrogens with zero attached hydrogens (tertiary/aromatic N) is 1. The van der Waals surface area contributed by atoms with Gasteiger partial charge in [0.15, 0.2) is 0 Å². The molecule has 0 spiro atoms. The molecule has 0 aliphatic carbocycles. The van der Waals surface area contributed by atoms with E-state index in [9.17, 15) is 14.7 Å². The van der Waals surface area contributed by atoms with Crippen LogP contribution < -0.4 is 5.32 Å². The summed E-state index contributed by atoms with van der Waals surface area (Å²) in [5.74, 6) is -0.855. The van der Waals surface area contributed by atoms with E-state index >= 15 is 0 Å². The number of hydrogen-bond acceptors (Lipinski definition) is 4. The van der Waals surface area contributed by atoms with E-state index in [4.69, 9.17) is 5.11 Å². The van der Waals surface area contributed by atoms with Crippen LogP contribution in [-0.4, -0.2) is 35.0 Å². The number of carbonyl (C=O) groups excluding carboxylic acids is 2. The van der Waals surface area contributed by atoms with Gasteiger partial charge in [0, 0.05) is 11.8 Å². The van der Waals surface area contributed by atoms with Crippen LogP contribution in [0.25, 0.3) is 0 Å². The summed E-state index contributed by atoms with van der Waals surface area (Å²) in [5.41, 5.74) is 0.356. The van der Waals surface area contributed by atoms with Crippen molar-refractivity contribution in [3.63, 3.8) is 0 Å². The second-order valence-electron chi connectivity index (χ2n) is 2.83. The van der Waals surface area contributed by atoms with E-state index < -0.39 is 18.5 Å². The maximum Gasteiger partial charge on any atom is 0.347 e. The number of nitrogens with one attached hydrogen (secondary N) is 1. The molecule has 6 nitrogen and oxygen atoms in total. The average Bonchev–Trinajstić information content (AvgIpc) is 2.28. The second-order valence-corrected chi connectivity index (χ2v) is 2.83. The van der Waals surface area contributed by atoms with Crippen molar-refractivity contribution in [3.05, 3.63) is 29.8 Å². The average molecular weight is 222 g/mol. The molecule has 1 rings (SSSR count). The van der Waals surface area contributed by atoms with Crippen molar-refractivity contribution in [1.29, 1.82) is 0 Å². The van der Waals surface area contributed by atoms with E-state index in [0.717, 1.165) is 6.21 Å². The van der Waals surface area contributed by atoms with E-state index in [0.29, 0.717) is 5.56 Å². The molecule has 0 unspecified atom stereocenters. The largest absolute Gasteiger partial charge is 0.507 e. The molecular formula is C10H10N2O4. The quantitative estimate of drug-likeness (QED) is 0.615. The van der Waals surface area contributed by atoms with Crippen LogP contribution in [0.3, 0.4) is 0 Å². The van der Waals surface area contributed by atoms with Crippen molar-refractivity contribution in [2.45, 2.75) is 0 Å². The number of para-hydroxylation sites is 1. The van der Waals surface area contributed by atoms with Crippen molar-refractivity contribution >= 4 is 18.2 Å². The fourth-order valence-electron chi connectivity index (χ4n) is 0.916. The SMILES string of the molecule is O=C(CO)NC(=O)N=Cc1ccccc1O. The van der Waals surface area contributed by atoms with Gasteiger partial charge in [-0.15, -0.1) is 0 Å². The Morgan fingerprint density at radius 1 is 1.38 bits per heavy atom. The minimum atomic E-state index is -0.901. The van der Waals surface area contributed by atoms with Crippen molar-refractivity contribution in [2.75, 3.05) is 6.61 Å². The maximum atomic E-state index is 11.0. The molecule has 6 heteroatoms. The first-order valence-electron chi connectivity index (χ1n) is 4.40. The topological polar surface area (TPSA) is 99.0 Å². The van der Waals surface area contributed by atoms with Crippen LogP contribution in [0.1, 0.15) is 5.56 Å². The summed E-state index contributed by atoms with van der Waals surface area (Å²) in [6.07, 6.45) is 1.12. The Labute approximate surface area is 91.2 Å². The summed E-state index contributed by atoms with van der Waals surface area (Å²) in [7, 11) is 0. The van der Waals surface area contributed by atoms with Gasteiger partial charge in [-0.05, 0) is 12.1 Å². The summed E-state index contributed by atoms with van der Waals surface area (Å²) < 4.78 is 0. The van der Waals surface area contributed by atoms with Crippen LogP contribution >= 0.6 is 0 Å². The molecule has 0 saturated carbocycles. The van der Waals surface area contributed by atoms with E-state index in [2.05, 4.69) is 4.99 Å². The van der Waals surface area contributed by atoms with Crippen LogP contribution in [0, 0.1) is 0 Å². The number of amides is 3. The standard InChI is InChI=1S/C10H10N2O4/c13-6-9(15)12-10(16)11-5-7-3-1-2-4-8(7)14/h1-5,13-14H,6H2,(H,12,15,16). The Hall–Kier alpha value is -2.21. The van der Waals surface area contributed by atoms with Crippen molar-refractivity contribution in [1.82, 2.24) is 5.32 Å². The molecule has 0 saturated heterocycles. The molecule has 0 aliphatic heterocycles. The molecule has 0 aromatic heterocycles. The molecule has 84 valence electrons. The third-order valence-corrected chi connectivity index (χ3v) is 1.65. The zero-order chi connectivity index (χ0) is 12.0. The third-order valence-electron chi connectivity index (χ3n) is 1.65. The highest BCUT2D eigenvalue weighted by Gasteiger charge is 2.03. The van der Waals surface area contributed by atoms with E-state index in [1.807, 2.05) is 5.32 Å². The van der Waals surface area contributed by atoms with E-state index in [1.54, 1.807) is 18.2 Å². The van der Waals surface area contributed by atoms with Crippen molar-refractivity contribution < 1.29 is 19.8 Å². The van der Waals surface area contributed by atoms with Gasteiger partial charge >= 0.3 is 6.03 Å². The lowest BCUT2D eigenvalue weighted by Gasteiger charge is -1.97. The smallest absolute Gasteiger partial charge is 0.347 e. The molecule has 3 amide bonds. The molecule has 1 aromatic rings. The molecule has 0 radical (unpaired) electrons. The van der Waals surface area contributed by atoms with Gasteiger partial charge in [-0.25, -0.2) is 9.79 Å². The number of imide groups is 1. The van der Waals surface area contributed by atoms with Gasteiger partial charge < -0.3 is 10.2 Å². The Balaban J connectivity index is 2.64. The van der Waals surface area contributed by atoms with Crippen LogP contribution in [0.5, 0.6) is 5.75 Å². The number of phenolic OH excluding ortho intramolecular Hbond substituents is 1. The second kappa shape index (κ2) is 5.62. The summed E-state index contributed by atoms with van der Waals surface area (Å²) in [6.45, 7) is -0.780. The number of aliphatic hydroxyl groups is 1. The normalized spacial score (nSPS) is 10.3. The predicted molar refractivity (Wildman–Crippen MR) is 56.3 cm³/mol. The summed E-state index contributed by atoms with van der Waals surface area (Å²) >= 11 is 0. The van der Waals surface area contributed by atoms with Gasteiger partial charge in [0.1, 0.15) is 12.4 Å². The molecule has 3 N–H and O–H groups in total. The van der Waals surface area contributed by atoms with Crippen LogP contribution in [0.2, 0.25) is 0 Å². The van der Waals surface area contributed by atoms with Gasteiger partial charge in [0.2, 0.25) is 0 Å². The Kier molecular flexibility index (Phi) is 4.16. The summed E-state index contributed by atoms with van der Waals surface area (Å²) in [6, 6.07) is 5.39. The molecule has 0 fully saturated rings. The fraction of sp³-hybridized carbons (Fsp3) is 0.100. The first kappa shape index (κ1) is 11.9. The number of urea groups is 1. The number of aliphatic imine (C=N–C) groups is 1. The van der Waals surface area contributed by atoms with E-state index in [-0.39, 0.29) is 5.75 Å². The van der Waals surface area contributed by atoms with Gasteiger partial charge in [0.25, 0.3) is 5.91 Å². The first-order valence-corrected chi connectivity index (χ1v) is 4.40. The van der Waals surface area contributed by atoms with Gasteiger partial charge in [-0.2, -0.15) is 0 Å². The number of aliphatic hydroxyl groups excluding tert-OH is 1. The predicted octanol–water partition coefficient (Wildman–Crippen LogP) is 0.0396. The highest BCUT2D eigenvalue weighted by molar-refractivity contribution is 6.00. The number of rotatable bonds is 2. The number of hydrogen-bond donors (Lipinski definition) is 3. The number of benzene rings is 1. The minimum absolute atomic E-state index is 0.0208. The van der Waals surface area contributed by atoms with Gasteiger partial charge in [-0.3, -0.25) is 10.1 Å². The highest BCUT2D eigenvalue weighted by Crippen LogP contribution is 2.12. The zero-order valence-corrected chi connectivity index (χ0v) is 8.25. The molecule has 16 heavy (non-hydrogen) atoms. The highest BCUT2D eigenvalue weighted by atomic mass is 16.3. The molecule has 0 aliphatic rings. The Bertz CT molecular complexity index is 429. The summed E-state index contributed by atoms with van der Waals surface area (Å²) in [4.78, 5) is 24.9. The zero-order valence-electron chi connectivity index (χ0n) is 8.25. The lowest BCUT2D eigenvalue weighted by atomic mass is 10.2. The molecule has 0 bridgehead atoms. The Morgan fingerprint density at radius 3 is 2.69 bits per heavy atom. The monoisotopic (exact) mass is 222 g/mol. The maximum absolute atomic E-state index is 11.0. The molecule has 0 heterocycles. The van der Waals surface area contributed by atoms with Gasteiger partial charge in [-0.1, -0.05) is 12.1 Å². The third kappa shape index (κ3) is 3.50.